The van der Waals surface area contributed by atoms with E-state index in [4.69, 9.17) is 9.47 Å². The standard InChI is InChI=1S/C12H16BrNO3/c1-16-6-9-4-10(14-11(13)5-9)12(7-15)2-3-17-8-12/h4-5,15H,2-3,6-8H2,1H3/t12-/m0/s1. The summed E-state index contributed by atoms with van der Waals surface area (Å²) < 4.78 is 11.3. The van der Waals surface area contributed by atoms with Crippen LogP contribution >= 0.6 is 15.9 Å². The highest BCUT2D eigenvalue weighted by Crippen LogP contribution is 2.33. The molecular formula is C12H16BrNO3. The van der Waals surface area contributed by atoms with Crippen molar-refractivity contribution in [3.63, 3.8) is 0 Å². The van der Waals surface area contributed by atoms with Gasteiger partial charge in [-0.2, -0.15) is 0 Å². The van der Waals surface area contributed by atoms with Gasteiger partial charge < -0.3 is 14.6 Å². The lowest BCUT2D eigenvalue weighted by molar-refractivity contribution is 0.138. The second kappa shape index (κ2) is 5.44. The molecule has 17 heavy (non-hydrogen) atoms. The Balaban J connectivity index is 2.36. The zero-order valence-electron chi connectivity index (χ0n) is 9.78. The van der Waals surface area contributed by atoms with Gasteiger partial charge in [-0.15, -0.1) is 0 Å². The summed E-state index contributed by atoms with van der Waals surface area (Å²) in [6, 6.07) is 3.91. The summed E-state index contributed by atoms with van der Waals surface area (Å²) >= 11 is 3.39. The first-order valence-electron chi connectivity index (χ1n) is 5.55. The van der Waals surface area contributed by atoms with E-state index >= 15 is 0 Å². The first kappa shape index (κ1) is 13.0. The third-order valence-corrected chi connectivity index (χ3v) is 3.52. The lowest BCUT2D eigenvalue weighted by atomic mass is 9.84. The van der Waals surface area contributed by atoms with Crippen LogP contribution in [0.15, 0.2) is 16.7 Å². The van der Waals surface area contributed by atoms with Gasteiger partial charge in [0.25, 0.3) is 0 Å². The molecule has 94 valence electrons. The van der Waals surface area contributed by atoms with Crippen molar-refractivity contribution in [2.45, 2.75) is 18.4 Å². The normalized spacial score (nSPS) is 24.2. The molecule has 1 saturated heterocycles. The van der Waals surface area contributed by atoms with E-state index in [-0.39, 0.29) is 12.0 Å². The molecule has 0 aromatic carbocycles. The number of ether oxygens (including phenoxy) is 2. The van der Waals surface area contributed by atoms with Crippen LogP contribution in [-0.4, -0.2) is 37.0 Å². The highest BCUT2D eigenvalue weighted by Gasteiger charge is 2.37. The highest BCUT2D eigenvalue weighted by atomic mass is 79.9. The summed E-state index contributed by atoms with van der Waals surface area (Å²) in [5.41, 5.74) is 1.56. The largest absolute Gasteiger partial charge is 0.395 e. The monoisotopic (exact) mass is 301 g/mol. The molecule has 1 atom stereocenters. The molecule has 1 aliphatic heterocycles. The molecule has 1 N–H and O–H groups in total. The van der Waals surface area contributed by atoms with Crippen molar-refractivity contribution < 1.29 is 14.6 Å². The van der Waals surface area contributed by atoms with Crippen LogP contribution in [0.1, 0.15) is 17.7 Å². The summed E-state index contributed by atoms with van der Waals surface area (Å²) in [6.07, 6.45) is 0.805. The van der Waals surface area contributed by atoms with Gasteiger partial charge in [-0.25, -0.2) is 4.98 Å². The van der Waals surface area contributed by atoms with Crippen molar-refractivity contribution in [2.75, 3.05) is 26.9 Å². The number of hydrogen-bond acceptors (Lipinski definition) is 4. The van der Waals surface area contributed by atoms with E-state index in [0.29, 0.717) is 19.8 Å². The Kier molecular flexibility index (Phi) is 4.14. The van der Waals surface area contributed by atoms with Crippen molar-refractivity contribution in [1.82, 2.24) is 4.98 Å². The van der Waals surface area contributed by atoms with Gasteiger partial charge in [-0.1, -0.05) is 0 Å². The van der Waals surface area contributed by atoms with E-state index in [2.05, 4.69) is 20.9 Å². The Hall–Kier alpha value is -0.490. The predicted octanol–water partition coefficient (Wildman–Crippen LogP) is 1.64. The Morgan fingerprint density at radius 1 is 1.59 bits per heavy atom. The maximum absolute atomic E-state index is 9.62. The number of rotatable bonds is 4. The van der Waals surface area contributed by atoms with Gasteiger partial charge in [0.15, 0.2) is 0 Å². The van der Waals surface area contributed by atoms with Crippen molar-refractivity contribution in [3.05, 3.63) is 28.0 Å². The minimum absolute atomic E-state index is 0.0584. The second-order valence-electron chi connectivity index (χ2n) is 4.36. The fourth-order valence-electron chi connectivity index (χ4n) is 2.09. The molecule has 1 aromatic rings. The van der Waals surface area contributed by atoms with Crippen LogP contribution in [0.25, 0.3) is 0 Å². The molecule has 0 unspecified atom stereocenters. The second-order valence-corrected chi connectivity index (χ2v) is 5.17. The Bertz CT molecular complexity index is 391. The molecule has 0 spiro atoms. The maximum Gasteiger partial charge on any atom is 0.106 e. The third-order valence-electron chi connectivity index (χ3n) is 3.11. The molecule has 0 radical (unpaired) electrons. The van der Waals surface area contributed by atoms with Crippen LogP contribution in [0, 0.1) is 0 Å². The van der Waals surface area contributed by atoms with Gasteiger partial charge >= 0.3 is 0 Å². The molecule has 0 bridgehead atoms. The van der Waals surface area contributed by atoms with Crippen LogP contribution < -0.4 is 0 Å². The summed E-state index contributed by atoms with van der Waals surface area (Å²) in [7, 11) is 1.66. The number of aromatic nitrogens is 1. The fraction of sp³-hybridized carbons (Fsp3) is 0.583. The van der Waals surface area contributed by atoms with Crippen LogP contribution in [0.2, 0.25) is 0 Å². The first-order chi connectivity index (χ1) is 8.20. The summed E-state index contributed by atoms with van der Waals surface area (Å²) in [4.78, 5) is 4.46. The zero-order valence-corrected chi connectivity index (χ0v) is 11.4. The number of aliphatic hydroxyl groups is 1. The number of halogens is 1. The van der Waals surface area contributed by atoms with Crippen molar-refractivity contribution >= 4 is 15.9 Å². The predicted molar refractivity (Wildman–Crippen MR) is 66.8 cm³/mol. The van der Waals surface area contributed by atoms with Crippen LogP contribution in [0.4, 0.5) is 0 Å². The molecule has 5 heteroatoms. The Morgan fingerprint density at radius 2 is 2.41 bits per heavy atom. The molecular weight excluding hydrogens is 286 g/mol. The molecule has 4 nitrogen and oxygen atoms in total. The minimum Gasteiger partial charge on any atom is -0.395 e. The van der Waals surface area contributed by atoms with Crippen molar-refractivity contribution in [2.24, 2.45) is 0 Å². The van der Waals surface area contributed by atoms with E-state index in [1.54, 1.807) is 7.11 Å². The molecule has 2 heterocycles. The average molecular weight is 302 g/mol. The van der Waals surface area contributed by atoms with Crippen molar-refractivity contribution in [1.29, 1.82) is 0 Å². The number of pyridine rings is 1. The minimum atomic E-state index is -0.355. The maximum atomic E-state index is 9.62. The fourth-order valence-corrected chi connectivity index (χ4v) is 2.57. The lowest BCUT2D eigenvalue weighted by Crippen LogP contribution is -2.32. The summed E-state index contributed by atoms with van der Waals surface area (Å²) in [5, 5.41) is 9.62. The molecule has 1 fully saturated rings. The Labute approximate surface area is 109 Å². The van der Waals surface area contributed by atoms with Gasteiger partial charge in [0, 0.05) is 13.7 Å². The number of nitrogens with zero attached hydrogens (tertiary/aromatic N) is 1. The number of aliphatic hydroxyl groups excluding tert-OH is 1. The van der Waals surface area contributed by atoms with Gasteiger partial charge in [-0.05, 0) is 40.0 Å². The first-order valence-corrected chi connectivity index (χ1v) is 6.34. The molecule has 0 saturated carbocycles. The van der Waals surface area contributed by atoms with Gasteiger partial charge in [0.1, 0.15) is 4.60 Å². The number of methoxy groups -OCH3 is 1. The van der Waals surface area contributed by atoms with Crippen LogP contribution in [-0.2, 0) is 21.5 Å². The van der Waals surface area contributed by atoms with E-state index in [9.17, 15) is 5.11 Å². The summed E-state index contributed by atoms with van der Waals surface area (Å²) in [5.74, 6) is 0. The zero-order chi connectivity index (χ0) is 12.3. The SMILES string of the molecule is COCc1cc(Br)nc([C@]2(CO)CCOC2)c1. The smallest absolute Gasteiger partial charge is 0.106 e. The molecule has 1 aliphatic rings. The van der Waals surface area contributed by atoms with E-state index < -0.39 is 0 Å². The van der Waals surface area contributed by atoms with Crippen LogP contribution in [0.3, 0.4) is 0 Å². The average Bonchev–Trinajstić information content (AvgIpc) is 2.78. The third kappa shape index (κ3) is 2.68. The quantitative estimate of drug-likeness (QED) is 0.859. The van der Waals surface area contributed by atoms with Gasteiger partial charge in [0.05, 0.1) is 30.9 Å². The molecule has 2 rings (SSSR count). The molecule has 0 aliphatic carbocycles. The van der Waals surface area contributed by atoms with Crippen LogP contribution in [0.5, 0.6) is 0 Å². The van der Waals surface area contributed by atoms with E-state index in [0.717, 1.165) is 22.3 Å². The Morgan fingerprint density at radius 3 is 3.00 bits per heavy atom. The van der Waals surface area contributed by atoms with Gasteiger partial charge in [-0.3, -0.25) is 0 Å². The highest BCUT2D eigenvalue weighted by molar-refractivity contribution is 9.10. The molecule has 1 aromatic heterocycles. The topological polar surface area (TPSA) is 51.6 Å². The molecule has 0 amide bonds. The lowest BCUT2D eigenvalue weighted by Gasteiger charge is -2.24. The van der Waals surface area contributed by atoms with E-state index in [1.165, 1.54) is 0 Å². The number of hydrogen-bond donors (Lipinski definition) is 1. The van der Waals surface area contributed by atoms with Gasteiger partial charge in [0.2, 0.25) is 0 Å². The van der Waals surface area contributed by atoms with E-state index in [1.807, 2.05) is 12.1 Å². The summed E-state index contributed by atoms with van der Waals surface area (Å²) in [6.45, 7) is 1.80. The van der Waals surface area contributed by atoms with Crippen molar-refractivity contribution in [3.8, 4) is 0 Å².